The Balaban J connectivity index is 1.54. The van der Waals surface area contributed by atoms with Gasteiger partial charge in [0.15, 0.2) is 17.2 Å². The topological polar surface area (TPSA) is 94.6 Å². The van der Waals surface area contributed by atoms with Crippen molar-refractivity contribution in [3.63, 3.8) is 0 Å². The van der Waals surface area contributed by atoms with E-state index in [0.29, 0.717) is 73.9 Å². The lowest BCUT2D eigenvalue weighted by Gasteiger charge is -2.19. The molecule has 6 rings (SSSR count). The summed E-state index contributed by atoms with van der Waals surface area (Å²) < 4.78 is 40.7. The number of carbonyl (C=O) groups is 1. The second-order valence-corrected chi connectivity index (χ2v) is 10.3. The molecule has 1 fully saturated rings. The van der Waals surface area contributed by atoms with Crippen LogP contribution in [0.1, 0.15) is 41.7 Å². The van der Waals surface area contributed by atoms with Crippen LogP contribution < -0.4 is 28.4 Å². The third-order valence-electron chi connectivity index (χ3n) is 7.33. The van der Waals surface area contributed by atoms with Gasteiger partial charge in [0.2, 0.25) is 0 Å². The van der Waals surface area contributed by atoms with Crippen molar-refractivity contribution in [1.29, 1.82) is 0 Å². The summed E-state index contributed by atoms with van der Waals surface area (Å²) in [6.07, 6.45) is 1.83. The zero-order chi connectivity index (χ0) is 31.3. The number of pyridine rings is 1. The van der Waals surface area contributed by atoms with E-state index in [1.807, 2.05) is 24.3 Å². The Labute approximate surface area is 261 Å². The predicted molar refractivity (Wildman–Crippen MR) is 169 cm³/mol. The zero-order valence-corrected chi connectivity index (χ0v) is 25.5. The van der Waals surface area contributed by atoms with Gasteiger partial charge in [0.05, 0.1) is 39.1 Å². The van der Waals surface area contributed by atoms with E-state index < -0.39 is 5.97 Å². The largest absolute Gasteiger partial charge is 0.497 e. The molecule has 0 bridgehead atoms. The molecule has 0 amide bonds. The number of rotatable bonds is 12. The summed E-state index contributed by atoms with van der Waals surface area (Å²) in [6, 6.07) is 25.2. The first-order valence-corrected chi connectivity index (χ1v) is 14.6. The molecule has 0 aliphatic heterocycles. The van der Waals surface area contributed by atoms with Gasteiger partial charge in [-0.3, -0.25) is 4.98 Å². The third kappa shape index (κ3) is 6.57. The summed E-state index contributed by atoms with van der Waals surface area (Å²) in [5.74, 6) is 4.52. The Morgan fingerprint density at radius 2 is 1.11 bits per heavy atom. The van der Waals surface area contributed by atoms with Crippen LogP contribution in [0, 0.1) is 0 Å². The maximum absolute atomic E-state index is 13.5. The number of fused-ring (bicyclic) bond motifs is 1. The van der Waals surface area contributed by atoms with E-state index in [2.05, 4.69) is 0 Å². The van der Waals surface area contributed by atoms with Crippen LogP contribution in [0.2, 0.25) is 0 Å². The quantitative estimate of drug-likeness (QED) is 0.129. The zero-order valence-electron chi connectivity index (χ0n) is 25.5. The monoisotopic (exact) mass is 607 g/mol. The fraction of sp³-hybridized carbons (Fsp3) is 0.222. The molecule has 5 aromatic rings. The van der Waals surface area contributed by atoms with Crippen molar-refractivity contribution in [3.8, 4) is 51.7 Å². The molecule has 9 heteroatoms. The fourth-order valence-electron chi connectivity index (χ4n) is 4.88. The van der Waals surface area contributed by atoms with E-state index in [4.69, 9.17) is 38.1 Å². The average molecular weight is 608 g/mol. The lowest BCUT2D eigenvalue weighted by molar-refractivity contribution is 0.0522. The van der Waals surface area contributed by atoms with Crippen LogP contribution >= 0.6 is 0 Å². The minimum absolute atomic E-state index is 0.119. The van der Waals surface area contributed by atoms with Gasteiger partial charge in [0.25, 0.3) is 0 Å². The number of hydrogen-bond donors (Lipinski definition) is 0. The minimum Gasteiger partial charge on any atom is -0.497 e. The van der Waals surface area contributed by atoms with Crippen LogP contribution in [-0.2, 0) is 4.74 Å². The molecule has 0 spiro atoms. The standard InChI is InChI=1S/C36H33NO8/c1-5-42-36(38)33-34(22-6-7-22)37-30-21-32(44-27-16-10-24(40-3)11-17-27)31(43-26-14-8-23(39-2)9-15-26)20-29(30)35(33)45-28-18-12-25(41-4)13-19-28/h8-22H,5-7H2,1-4H3. The molecular formula is C36H33NO8. The second kappa shape index (κ2) is 13.1. The summed E-state index contributed by atoms with van der Waals surface area (Å²) in [7, 11) is 4.82. The second-order valence-electron chi connectivity index (χ2n) is 10.3. The first-order valence-electron chi connectivity index (χ1n) is 14.6. The van der Waals surface area contributed by atoms with E-state index >= 15 is 0 Å². The van der Waals surface area contributed by atoms with E-state index in [9.17, 15) is 4.79 Å². The highest BCUT2D eigenvalue weighted by atomic mass is 16.5. The van der Waals surface area contributed by atoms with Crippen molar-refractivity contribution in [2.24, 2.45) is 0 Å². The van der Waals surface area contributed by atoms with Gasteiger partial charge in [-0.1, -0.05) is 0 Å². The number of aromatic nitrogens is 1. The molecule has 0 saturated heterocycles. The summed E-state index contributed by atoms with van der Waals surface area (Å²) in [5, 5.41) is 0.559. The van der Waals surface area contributed by atoms with Gasteiger partial charge in [0.1, 0.15) is 40.1 Å². The van der Waals surface area contributed by atoms with Crippen molar-refractivity contribution in [3.05, 3.63) is 96.2 Å². The number of carbonyl (C=O) groups excluding carboxylic acids is 1. The maximum Gasteiger partial charge on any atom is 0.343 e. The van der Waals surface area contributed by atoms with Gasteiger partial charge >= 0.3 is 5.97 Å². The molecule has 0 N–H and O–H groups in total. The summed E-state index contributed by atoms with van der Waals surface area (Å²) in [4.78, 5) is 18.5. The van der Waals surface area contributed by atoms with Crippen LogP contribution in [0.25, 0.3) is 10.9 Å². The molecule has 45 heavy (non-hydrogen) atoms. The normalized spacial score (nSPS) is 12.4. The Hall–Kier alpha value is -5.44. The Morgan fingerprint density at radius 1 is 0.667 bits per heavy atom. The van der Waals surface area contributed by atoms with Crippen molar-refractivity contribution in [1.82, 2.24) is 4.98 Å². The van der Waals surface area contributed by atoms with Gasteiger partial charge in [0, 0.05) is 17.4 Å². The molecule has 4 aromatic carbocycles. The number of ether oxygens (including phenoxy) is 7. The van der Waals surface area contributed by atoms with Crippen LogP contribution in [0.4, 0.5) is 0 Å². The fourth-order valence-corrected chi connectivity index (χ4v) is 4.88. The van der Waals surface area contributed by atoms with E-state index in [0.717, 1.165) is 12.8 Å². The summed E-state index contributed by atoms with van der Waals surface area (Å²) >= 11 is 0. The number of nitrogens with zero attached hydrogens (tertiary/aromatic N) is 1. The molecule has 1 heterocycles. The SMILES string of the molecule is CCOC(=O)c1c(C2CC2)nc2cc(Oc3ccc(OC)cc3)c(Oc3ccc(OC)cc3)cc2c1Oc1ccc(OC)cc1. The molecule has 0 radical (unpaired) electrons. The number of hydrogen-bond acceptors (Lipinski definition) is 9. The molecule has 0 unspecified atom stereocenters. The molecule has 9 nitrogen and oxygen atoms in total. The van der Waals surface area contributed by atoms with Gasteiger partial charge in [-0.25, -0.2) is 4.79 Å². The number of methoxy groups -OCH3 is 3. The van der Waals surface area contributed by atoms with Crippen molar-refractivity contribution < 1.29 is 38.0 Å². The van der Waals surface area contributed by atoms with Crippen LogP contribution in [-0.4, -0.2) is 38.9 Å². The van der Waals surface area contributed by atoms with Gasteiger partial charge in [-0.2, -0.15) is 0 Å². The molecular weight excluding hydrogens is 574 g/mol. The highest BCUT2D eigenvalue weighted by Gasteiger charge is 2.35. The third-order valence-corrected chi connectivity index (χ3v) is 7.33. The minimum atomic E-state index is -0.492. The summed E-state index contributed by atoms with van der Waals surface area (Å²) in [5.41, 5.74) is 1.53. The summed E-state index contributed by atoms with van der Waals surface area (Å²) in [6.45, 7) is 1.99. The predicted octanol–water partition coefficient (Wildman–Crippen LogP) is 8.69. The highest BCUT2D eigenvalue weighted by molar-refractivity contribution is 6.02. The first kappa shape index (κ1) is 29.6. The number of esters is 1. The van der Waals surface area contributed by atoms with E-state index in [1.165, 1.54) is 0 Å². The smallest absolute Gasteiger partial charge is 0.343 e. The lowest BCUT2D eigenvalue weighted by atomic mass is 10.0. The molecule has 1 saturated carbocycles. The molecule has 0 atom stereocenters. The van der Waals surface area contributed by atoms with Gasteiger partial charge in [-0.15, -0.1) is 0 Å². The van der Waals surface area contributed by atoms with Gasteiger partial charge in [-0.05, 0) is 98.6 Å². The molecule has 1 aliphatic carbocycles. The van der Waals surface area contributed by atoms with Crippen molar-refractivity contribution >= 4 is 16.9 Å². The molecule has 1 aromatic heterocycles. The van der Waals surface area contributed by atoms with E-state index in [1.54, 1.807) is 88.9 Å². The first-order chi connectivity index (χ1) is 22.0. The van der Waals surface area contributed by atoms with Crippen LogP contribution in [0.15, 0.2) is 84.9 Å². The number of benzene rings is 4. The van der Waals surface area contributed by atoms with Gasteiger partial charge < -0.3 is 33.2 Å². The molecule has 1 aliphatic rings. The lowest BCUT2D eigenvalue weighted by Crippen LogP contribution is -2.12. The Morgan fingerprint density at radius 3 is 1.56 bits per heavy atom. The van der Waals surface area contributed by atoms with Crippen molar-refractivity contribution in [2.75, 3.05) is 27.9 Å². The Bertz CT molecular complexity index is 1800. The van der Waals surface area contributed by atoms with Crippen molar-refractivity contribution in [2.45, 2.75) is 25.7 Å². The Kier molecular flexibility index (Phi) is 8.59. The van der Waals surface area contributed by atoms with Crippen LogP contribution in [0.3, 0.4) is 0 Å². The van der Waals surface area contributed by atoms with Crippen LogP contribution in [0.5, 0.6) is 51.7 Å². The molecule has 230 valence electrons. The highest BCUT2D eigenvalue weighted by Crippen LogP contribution is 2.48. The average Bonchev–Trinajstić information content (AvgIpc) is 3.92. The maximum atomic E-state index is 13.5. The van der Waals surface area contributed by atoms with E-state index in [-0.39, 0.29) is 12.5 Å².